The first-order chi connectivity index (χ1) is 19.6. The van der Waals surface area contributed by atoms with Crippen molar-refractivity contribution >= 4 is 23.9 Å². The molecule has 0 spiro atoms. The number of nitrogens with zero attached hydrogens (tertiary/aromatic N) is 1. The van der Waals surface area contributed by atoms with Crippen LogP contribution in [0.5, 0.6) is 5.75 Å². The van der Waals surface area contributed by atoms with E-state index in [0.29, 0.717) is 4.90 Å². The van der Waals surface area contributed by atoms with E-state index in [0.717, 1.165) is 5.56 Å². The normalized spacial score (nSPS) is 13.5. The van der Waals surface area contributed by atoms with E-state index in [2.05, 4.69) is 16.7 Å². The number of hydrogen-bond donors (Lipinski definition) is 4. The number of aliphatic hydroxyl groups excluding tert-OH is 1. The summed E-state index contributed by atoms with van der Waals surface area (Å²) in [6.07, 6.45) is 4.76. The van der Waals surface area contributed by atoms with Gasteiger partial charge in [-0.3, -0.25) is 14.5 Å². The van der Waals surface area contributed by atoms with Gasteiger partial charge in [0, 0.05) is 18.0 Å². The van der Waals surface area contributed by atoms with Gasteiger partial charge in [0.15, 0.2) is 6.04 Å². The molecule has 3 atom stereocenters. The van der Waals surface area contributed by atoms with Crippen molar-refractivity contribution in [3.8, 4) is 18.2 Å². The summed E-state index contributed by atoms with van der Waals surface area (Å²) in [7, 11) is 0. The van der Waals surface area contributed by atoms with Crippen molar-refractivity contribution in [1.82, 2.24) is 15.5 Å². The minimum absolute atomic E-state index is 0.0540. The average molecular weight is 582 g/mol. The van der Waals surface area contributed by atoms with E-state index in [1.54, 1.807) is 71.9 Å². The molecule has 3 amide bonds. The number of amides is 3. The van der Waals surface area contributed by atoms with Gasteiger partial charge in [-0.2, -0.15) is 0 Å². The van der Waals surface area contributed by atoms with Crippen LogP contribution in [-0.4, -0.2) is 68.9 Å². The molecular formula is C31H39N3O8. The topological polar surface area (TPSA) is 154 Å². The Kier molecular flexibility index (Phi) is 11.5. The highest BCUT2D eigenvalue weighted by Gasteiger charge is 2.39. The van der Waals surface area contributed by atoms with Crippen LogP contribution in [0.25, 0.3) is 0 Å². The molecule has 11 nitrogen and oxygen atoms in total. The molecule has 0 heterocycles. The molecule has 4 N–H and O–H groups in total. The van der Waals surface area contributed by atoms with Crippen molar-refractivity contribution < 1.29 is 38.9 Å². The van der Waals surface area contributed by atoms with Gasteiger partial charge < -0.3 is 30.3 Å². The minimum atomic E-state index is -1.67. The Hall–Kier alpha value is -4.56. The molecule has 2 aromatic rings. The lowest BCUT2D eigenvalue weighted by molar-refractivity contribution is -0.159. The molecule has 226 valence electrons. The summed E-state index contributed by atoms with van der Waals surface area (Å²) in [6.45, 7) is 9.02. The van der Waals surface area contributed by atoms with Crippen molar-refractivity contribution in [3.05, 3.63) is 65.7 Å². The molecule has 0 radical (unpaired) electrons. The van der Waals surface area contributed by atoms with Gasteiger partial charge in [-0.15, -0.1) is 0 Å². The van der Waals surface area contributed by atoms with Gasteiger partial charge in [-0.05, 0) is 53.2 Å². The quantitative estimate of drug-likeness (QED) is 0.190. The summed E-state index contributed by atoms with van der Waals surface area (Å²) in [4.78, 5) is 53.6. The molecular weight excluding hydrogens is 542 g/mol. The van der Waals surface area contributed by atoms with Gasteiger partial charge >= 0.3 is 12.1 Å². The fraction of sp³-hybridized carbons (Fsp3) is 0.419. The Balaban J connectivity index is 2.49. The van der Waals surface area contributed by atoms with E-state index in [4.69, 9.17) is 15.9 Å². The molecule has 0 saturated heterocycles. The third kappa shape index (κ3) is 10.1. The number of aliphatic hydroxyl groups is 1. The molecule has 42 heavy (non-hydrogen) atoms. The number of aromatic hydroxyl groups is 1. The number of terminal acetylenes is 1. The van der Waals surface area contributed by atoms with Gasteiger partial charge in [0.1, 0.15) is 29.0 Å². The number of esters is 1. The van der Waals surface area contributed by atoms with Crippen LogP contribution in [0.1, 0.15) is 58.7 Å². The number of benzene rings is 2. The monoisotopic (exact) mass is 581 g/mol. The van der Waals surface area contributed by atoms with Crippen molar-refractivity contribution in [2.45, 2.75) is 77.3 Å². The molecule has 2 aromatic carbocycles. The second-order valence-electron chi connectivity index (χ2n) is 11.5. The van der Waals surface area contributed by atoms with Gasteiger partial charge in [-0.1, -0.05) is 55.0 Å². The van der Waals surface area contributed by atoms with Crippen LogP contribution in [0.2, 0.25) is 0 Å². The highest BCUT2D eigenvalue weighted by atomic mass is 16.6. The lowest BCUT2D eigenvalue weighted by atomic mass is 10.0. The van der Waals surface area contributed by atoms with Crippen molar-refractivity contribution in [2.24, 2.45) is 0 Å². The largest absolute Gasteiger partial charge is 0.508 e. The molecule has 0 aliphatic heterocycles. The number of ether oxygens (including phenoxy) is 2. The summed E-state index contributed by atoms with van der Waals surface area (Å²) in [5.74, 6) is -3.04. The standard InChI is InChI=1S/C31H39N3O8/c1-8-34(27(38)23(19-35)33-29(40)42-31(5,6)7)25(21-16-12-13-17-24(21)36)26(37)32-22(28(39)41-30(2,3)4)18-20-14-10-9-11-15-20/h1,9-17,22-23,25,35-36H,18-19H2,2-7H3,(H,32,37)(H,33,40). The average Bonchev–Trinajstić information content (AvgIpc) is 2.88. The zero-order valence-electron chi connectivity index (χ0n) is 24.7. The molecule has 0 saturated carbocycles. The summed E-state index contributed by atoms with van der Waals surface area (Å²) in [5.41, 5.74) is -1.10. The first kappa shape index (κ1) is 33.6. The Bertz CT molecular complexity index is 1290. The molecule has 0 bridgehead atoms. The van der Waals surface area contributed by atoms with Crippen molar-refractivity contribution in [2.75, 3.05) is 6.61 Å². The summed E-state index contributed by atoms with van der Waals surface area (Å²) in [6, 6.07) is 12.3. The number of carbonyl (C=O) groups is 4. The van der Waals surface area contributed by atoms with Crippen LogP contribution in [0, 0.1) is 12.5 Å². The predicted molar refractivity (Wildman–Crippen MR) is 155 cm³/mol. The van der Waals surface area contributed by atoms with Crippen LogP contribution >= 0.6 is 0 Å². The summed E-state index contributed by atoms with van der Waals surface area (Å²) in [5, 5.41) is 25.4. The number of nitrogens with one attached hydrogen (secondary N) is 2. The second-order valence-corrected chi connectivity index (χ2v) is 11.5. The smallest absolute Gasteiger partial charge is 0.408 e. The highest BCUT2D eigenvalue weighted by molar-refractivity contribution is 5.95. The number of phenols is 1. The van der Waals surface area contributed by atoms with Crippen LogP contribution in [0.3, 0.4) is 0 Å². The number of carbonyl (C=O) groups excluding carboxylic acids is 4. The first-order valence-corrected chi connectivity index (χ1v) is 13.3. The van der Waals surface area contributed by atoms with Gasteiger partial charge in [0.05, 0.1) is 6.61 Å². The number of hydrogen-bond acceptors (Lipinski definition) is 8. The van der Waals surface area contributed by atoms with Crippen molar-refractivity contribution in [3.63, 3.8) is 0 Å². The molecule has 0 aliphatic carbocycles. The molecule has 0 aliphatic rings. The first-order valence-electron chi connectivity index (χ1n) is 13.3. The van der Waals surface area contributed by atoms with Crippen LogP contribution in [-0.2, 0) is 30.3 Å². The lowest BCUT2D eigenvalue weighted by Crippen LogP contribution is -2.54. The maximum absolute atomic E-state index is 13.9. The van der Waals surface area contributed by atoms with E-state index in [-0.39, 0.29) is 17.7 Å². The van der Waals surface area contributed by atoms with Crippen LogP contribution in [0.15, 0.2) is 54.6 Å². The number of alkyl carbamates (subject to hydrolysis) is 1. The maximum Gasteiger partial charge on any atom is 0.408 e. The summed E-state index contributed by atoms with van der Waals surface area (Å²) < 4.78 is 10.7. The predicted octanol–water partition coefficient (Wildman–Crippen LogP) is 2.81. The van der Waals surface area contributed by atoms with Crippen LogP contribution in [0.4, 0.5) is 4.79 Å². The number of para-hydroxylation sites is 1. The lowest BCUT2D eigenvalue weighted by Gasteiger charge is -2.31. The fourth-order valence-electron chi connectivity index (χ4n) is 3.85. The van der Waals surface area contributed by atoms with E-state index in [1.807, 2.05) is 0 Å². The third-order valence-corrected chi connectivity index (χ3v) is 5.58. The highest BCUT2D eigenvalue weighted by Crippen LogP contribution is 2.29. The Morgan fingerprint density at radius 2 is 1.45 bits per heavy atom. The zero-order valence-corrected chi connectivity index (χ0v) is 24.7. The third-order valence-electron chi connectivity index (χ3n) is 5.58. The maximum atomic E-state index is 13.9. The van der Waals surface area contributed by atoms with E-state index in [1.165, 1.54) is 24.3 Å². The number of phenolic OH excluding ortho intramolecular Hbond substituents is 1. The van der Waals surface area contributed by atoms with E-state index < -0.39 is 59.8 Å². The number of rotatable bonds is 10. The zero-order chi connectivity index (χ0) is 31.7. The SMILES string of the molecule is C#CN(C(=O)C(CO)NC(=O)OC(C)(C)C)C(C(=O)NC(Cc1ccccc1)C(=O)OC(C)(C)C)c1ccccc1O. The van der Waals surface area contributed by atoms with E-state index >= 15 is 0 Å². The summed E-state index contributed by atoms with van der Waals surface area (Å²) >= 11 is 0. The Morgan fingerprint density at radius 1 is 0.881 bits per heavy atom. The molecule has 2 rings (SSSR count). The van der Waals surface area contributed by atoms with E-state index in [9.17, 15) is 29.4 Å². The molecule has 3 unspecified atom stereocenters. The van der Waals surface area contributed by atoms with Crippen molar-refractivity contribution in [1.29, 1.82) is 0 Å². The molecule has 0 aromatic heterocycles. The fourth-order valence-corrected chi connectivity index (χ4v) is 3.85. The Morgan fingerprint density at radius 3 is 1.98 bits per heavy atom. The second kappa shape index (κ2) is 14.4. The minimum Gasteiger partial charge on any atom is -0.508 e. The van der Waals surface area contributed by atoms with Gasteiger partial charge in [0.2, 0.25) is 5.91 Å². The molecule has 0 fully saturated rings. The van der Waals surface area contributed by atoms with Gasteiger partial charge in [-0.25, -0.2) is 9.59 Å². The molecule has 11 heteroatoms. The van der Waals surface area contributed by atoms with Crippen LogP contribution < -0.4 is 10.6 Å². The van der Waals surface area contributed by atoms with Gasteiger partial charge in [0.25, 0.3) is 5.91 Å². The Labute approximate surface area is 246 Å².